The van der Waals surface area contributed by atoms with E-state index in [2.05, 4.69) is 142 Å². The van der Waals surface area contributed by atoms with Crippen LogP contribution >= 0.6 is 0 Å². The molecule has 0 radical (unpaired) electrons. The summed E-state index contributed by atoms with van der Waals surface area (Å²) in [5.41, 5.74) is 0. The molecule has 6 nitrogen and oxygen atoms in total. The molecular weight excluding hydrogens is 949 g/mol. The minimum Gasteiger partial charge on any atom is -0.462 e. The first kappa shape index (κ1) is 72.8. The van der Waals surface area contributed by atoms with Gasteiger partial charge in [0.05, 0.1) is 0 Å². The van der Waals surface area contributed by atoms with Crippen molar-refractivity contribution in [3.63, 3.8) is 0 Å². The molecule has 0 rings (SSSR count). The number of carbonyl (C=O) groups is 3. The lowest BCUT2D eigenvalue weighted by Crippen LogP contribution is -2.30. The zero-order valence-electron chi connectivity index (χ0n) is 50.2. The van der Waals surface area contributed by atoms with Crippen LogP contribution in [0, 0.1) is 0 Å². The molecule has 0 amide bonds. The highest BCUT2D eigenvalue weighted by atomic mass is 16.6. The number of hydrogen-bond acceptors (Lipinski definition) is 6. The van der Waals surface area contributed by atoms with Gasteiger partial charge in [-0.1, -0.05) is 277 Å². The third kappa shape index (κ3) is 62.5. The summed E-state index contributed by atoms with van der Waals surface area (Å²) in [5, 5.41) is 0. The molecule has 0 aliphatic heterocycles. The smallest absolute Gasteiger partial charge is 0.306 e. The standard InChI is InChI=1S/C71H118O6/c1-4-7-10-13-16-18-20-22-24-26-28-30-32-34-35-37-38-40-42-44-46-48-50-52-55-58-61-64-70(73)76-67-68(66-75-69(72)63-60-57-54-15-12-9-6-3)77-71(74)65-62-59-56-53-51-49-47-45-43-41-39-36-33-31-29-27-25-23-21-19-17-14-11-8-5-2/h7,10,16,18,21-24,27-30,34-35,38,40,44,46,50,52,68H,4-6,8-9,11-15,17,19-20,25-26,31-33,36-37,39,41-43,45,47-49,51,53-67H2,1-3H3/b10-7-,18-16-,23-21-,24-22-,29-27-,30-28-,35-34-,40-38-,46-44-,52-50-. The van der Waals surface area contributed by atoms with Gasteiger partial charge in [0.2, 0.25) is 0 Å². The summed E-state index contributed by atoms with van der Waals surface area (Å²) in [6.45, 7) is 6.45. The number of unbranched alkanes of at least 4 members (excludes halogenated alkanes) is 26. The molecule has 0 saturated carbocycles. The van der Waals surface area contributed by atoms with Crippen molar-refractivity contribution in [1.82, 2.24) is 0 Å². The quantitative estimate of drug-likeness (QED) is 0.0261. The number of esters is 3. The van der Waals surface area contributed by atoms with Gasteiger partial charge in [-0.2, -0.15) is 0 Å². The van der Waals surface area contributed by atoms with Crippen molar-refractivity contribution in [3.8, 4) is 0 Å². The normalized spacial score (nSPS) is 12.9. The Morgan fingerprint density at radius 3 is 0.818 bits per heavy atom. The number of carbonyl (C=O) groups excluding carboxylic acids is 3. The third-order valence-corrected chi connectivity index (χ3v) is 13.5. The Bertz CT molecular complexity index is 1600. The van der Waals surface area contributed by atoms with Gasteiger partial charge in [0, 0.05) is 19.3 Å². The number of hydrogen-bond donors (Lipinski definition) is 0. The zero-order chi connectivity index (χ0) is 55.7. The van der Waals surface area contributed by atoms with Crippen LogP contribution in [-0.4, -0.2) is 37.2 Å². The highest BCUT2D eigenvalue weighted by Crippen LogP contribution is 2.16. The third-order valence-electron chi connectivity index (χ3n) is 13.5. The van der Waals surface area contributed by atoms with Gasteiger partial charge < -0.3 is 14.2 Å². The van der Waals surface area contributed by atoms with E-state index in [9.17, 15) is 14.4 Å². The predicted molar refractivity (Wildman–Crippen MR) is 334 cm³/mol. The molecule has 1 unspecified atom stereocenters. The first-order chi connectivity index (χ1) is 38.0. The van der Waals surface area contributed by atoms with Crippen LogP contribution in [0.2, 0.25) is 0 Å². The Hall–Kier alpha value is -4.19. The minimum absolute atomic E-state index is 0.0930. The second-order valence-corrected chi connectivity index (χ2v) is 20.9. The van der Waals surface area contributed by atoms with E-state index in [1.54, 1.807) is 0 Å². The molecule has 0 spiro atoms. The molecule has 1 atom stereocenters. The summed E-state index contributed by atoms with van der Waals surface area (Å²) in [6, 6.07) is 0. The molecule has 0 saturated heterocycles. The van der Waals surface area contributed by atoms with Crippen molar-refractivity contribution in [2.24, 2.45) is 0 Å². The van der Waals surface area contributed by atoms with Crippen LogP contribution in [0.15, 0.2) is 122 Å². The highest BCUT2D eigenvalue weighted by molar-refractivity contribution is 5.71. The average Bonchev–Trinajstić information content (AvgIpc) is 3.43. The van der Waals surface area contributed by atoms with Crippen LogP contribution in [-0.2, 0) is 28.6 Å². The van der Waals surface area contributed by atoms with E-state index < -0.39 is 6.10 Å². The van der Waals surface area contributed by atoms with Gasteiger partial charge in [-0.15, -0.1) is 0 Å². The van der Waals surface area contributed by atoms with Gasteiger partial charge in [0.15, 0.2) is 6.10 Å². The SMILES string of the molecule is CC/C=C\C/C=C\C/C=C\C/C=C\C/C=C\C/C=C\C/C=C\C/C=C\CCCCC(=O)OCC(COC(=O)CCCCCCCCC)OC(=O)CCCCCCCCCCCCCCC/C=C\C/C=C\CCCCCCC. The molecule has 0 aliphatic rings. The van der Waals surface area contributed by atoms with E-state index in [-0.39, 0.29) is 31.1 Å². The second-order valence-electron chi connectivity index (χ2n) is 20.9. The monoisotopic (exact) mass is 1070 g/mol. The molecule has 0 aliphatic carbocycles. The average molecular weight is 1070 g/mol. The van der Waals surface area contributed by atoms with Gasteiger partial charge >= 0.3 is 17.9 Å². The fraction of sp³-hybridized carbons (Fsp3) is 0.676. The molecule has 0 aromatic heterocycles. The Morgan fingerprint density at radius 1 is 0.273 bits per heavy atom. The van der Waals surface area contributed by atoms with E-state index in [1.165, 1.54) is 135 Å². The van der Waals surface area contributed by atoms with Crippen LogP contribution < -0.4 is 0 Å². The maximum atomic E-state index is 12.9. The van der Waals surface area contributed by atoms with Crippen molar-refractivity contribution >= 4 is 17.9 Å². The van der Waals surface area contributed by atoms with Crippen molar-refractivity contribution in [2.75, 3.05) is 13.2 Å². The van der Waals surface area contributed by atoms with Crippen molar-refractivity contribution in [1.29, 1.82) is 0 Å². The lowest BCUT2D eigenvalue weighted by Gasteiger charge is -2.18. The number of ether oxygens (including phenoxy) is 3. The molecule has 438 valence electrons. The molecule has 0 fully saturated rings. The minimum atomic E-state index is -0.797. The summed E-state index contributed by atoms with van der Waals surface area (Å²) >= 11 is 0. The number of rotatable bonds is 57. The molecule has 0 aromatic rings. The Balaban J connectivity index is 4.24. The predicted octanol–water partition coefficient (Wildman–Crippen LogP) is 22.0. The van der Waals surface area contributed by atoms with Crippen LogP contribution in [0.4, 0.5) is 0 Å². The van der Waals surface area contributed by atoms with E-state index >= 15 is 0 Å². The van der Waals surface area contributed by atoms with E-state index in [4.69, 9.17) is 14.2 Å². The topological polar surface area (TPSA) is 78.9 Å². The lowest BCUT2D eigenvalue weighted by molar-refractivity contribution is -0.167. The van der Waals surface area contributed by atoms with Crippen molar-refractivity contribution < 1.29 is 28.6 Å². The van der Waals surface area contributed by atoms with Gasteiger partial charge in [-0.3, -0.25) is 14.4 Å². The molecule has 0 heterocycles. The zero-order valence-corrected chi connectivity index (χ0v) is 50.2. The molecule has 0 N–H and O–H groups in total. The Morgan fingerprint density at radius 2 is 0.506 bits per heavy atom. The molecule has 0 aromatic carbocycles. The highest BCUT2D eigenvalue weighted by Gasteiger charge is 2.19. The second kappa shape index (κ2) is 64.3. The summed E-state index contributed by atoms with van der Waals surface area (Å²) in [4.78, 5) is 38.1. The van der Waals surface area contributed by atoms with Crippen LogP contribution in [0.1, 0.15) is 290 Å². The van der Waals surface area contributed by atoms with Gasteiger partial charge in [0.1, 0.15) is 13.2 Å². The maximum absolute atomic E-state index is 12.9. The fourth-order valence-electron chi connectivity index (χ4n) is 8.67. The van der Waals surface area contributed by atoms with E-state index in [1.807, 2.05) is 0 Å². The number of allylic oxidation sites excluding steroid dienone is 20. The molecule has 6 heteroatoms. The van der Waals surface area contributed by atoms with Crippen LogP contribution in [0.5, 0.6) is 0 Å². The summed E-state index contributed by atoms with van der Waals surface area (Å²) in [6.07, 6.45) is 89.5. The Kier molecular flexibility index (Phi) is 60.8. The molecule has 0 bridgehead atoms. The lowest BCUT2D eigenvalue weighted by atomic mass is 10.0. The largest absolute Gasteiger partial charge is 0.462 e. The van der Waals surface area contributed by atoms with E-state index in [0.29, 0.717) is 19.3 Å². The molecule has 77 heavy (non-hydrogen) atoms. The summed E-state index contributed by atoms with van der Waals surface area (Å²) < 4.78 is 16.8. The Labute approximate surface area is 475 Å². The first-order valence-corrected chi connectivity index (χ1v) is 32.0. The first-order valence-electron chi connectivity index (χ1n) is 32.0. The van der Waals surface area contributed by atoms with Crippen LogP contribution in [0.25, 0.3) is 0 Å². The van der Waals surface area contributed by atoms with Crippen molar-refractivity contribution in [2.45, 2.75) is 297 Å². The summed E-state index contributed by atoms with van der Waals surface area (Å²) in [5.74, 6) is -0.943. The van der Waals surface area contributed by atoms with Crippen LogP contribution in [0.3, 0.4) is 0 Å². The maximum Gasteiger partial charge on any atom is 0.306 e. The van der Waals surface area contributed by atoms with E-state index in [0.717, 1.165) is 116 Å². The van der Waals surface area contributed by atoms with Gasteiger partial charge in [0.25, 0.3) is 0 Å². The fourth-order valence-corrected chi connectivity index (χ4v) is 8.67. The molecular formula is C71H118O6. The van der Waals surface area contributed by atoms with Crippen molar-refractivity contribution in [3.05, 3.63) is 122 Å². The van der Waals surface area contributed by atoms with Gasteiger partial charge in [-0.25, -0.2) is 0 Å². The summed E-state index contributed by atoms with van der Waals surface area (Å²) in [7, 11) is 0. The van der Waals surface area contributed by atoms with Gasteiger partial charge in [-0.05, 0) is 116 Å².